The Morgan fingerprint density at radius 3 is 2.94 bits per heavy atom. The molecule has 0 aromatic carbocycles. The van der Waals surface area contributed by atoms with Gasteiger partial charge in [-0.2, -0.15) is 0 Å². The van der Waals surface area contributed by atoms with E-state index in [9.17, 15) is 0 Å². The van der Waals surface area contributed by atoms with Crippen molar-refractivity contribution in [3.05, 3.63) is 16.3 Å². The molecule has 0 saturated heterocycles. The van der Waals surface area contributed by atoms with Crippen LogP contribution in [0.5, 0.6) is 0 Å². The summed E-state index contributed by atoms with van der Waals surface area (Å²) in [7, 11) is 1.95. The molecule has 1 aliphatic carbocycles. The van der Waals surface area contributed by atoms with Crippen LogP contribution in [0, 0.1) is 0 Å². The number of anilines is 1. The van der Waals surface area contributed by atoms with E-state index in [2.05, 4.69) is 17.2 Å². The minimum atomic E-state index is 0.965. The van der Waals surface area contributed by atoms with E-state index in [0.717, 1.165) is 24.5 Å². The Kier molecular flexibility index (Phi) is 2.74. The highest BCUT2D eigenvalue weighted by molar-refractivity contribution is 7.19. The Morgan fingerprint density at radius 2 is 2.18 bits per heavy atom. The summed E-state index contributed by atoms with van der Waals surface area (Å²) >= 11 is 1.86. The highest BCUT2D eigenvalue weighted by Gasteiger charge is 2.21. The first-order valence-electron chi connectivity index (χ1n) is 6.32. The van der Waals surface area contributed by atoms with Crippen molar-refractivity contribution in [1.29, 1.82) is 0 Å². The maximum absolute atomic E-state index is 4.70. The molecule has 4 heteroatoms. The van der Waals surface area contributed by atoms with Gasteiger partial charge in [0.2, 0.25) is 0 Å². The van der Waals surface area contributed by atoms with Crippen LogP contribution in [0.1, 0.15) is 36.0 Å². The van der Waals surface area contributed by atoms with Crippen molar-refractivity contribution in [1.82, 2.24) is 9.97 Å². The van der Waals surface area contributed by atoms with Crippen LogP contribution < -0.4 is 5.32 Å². The van der Waals surface area contributed by atoms with Crippen molar-refractivity contribution in [3.8, 4) is 0 Å². The molecule has 0 amide bonds. The lowest BCUT2D eigenvalue weighted by molar-refractivity contribution is 0.846. The molecule has 0 aliphatic heterocycles. The highest BCUT2D eigenvalue weighted by atomic mass is 32.1. The van der Waals surface area contributed by atoms with Gasteiger partial charge in [-0.05, 0) is 31.2 Å². The number of rotatable bonds is 3. The van der Waals surface area contributed by atoms with Gasteiger partial charge in [-0.25, -0.2) is 9.97 Å². The van der Waals surface area contributed by atoms with Crippen molar-refractivity contribution >= 4 is 27.4 Å². The lowest BCUT2D eigenvalue weighted by Gasteiger charge is -2.05. The van der Waals surface area contributed by atoms with Gasteiger partial charge in [-0.1, -0.05) is 6.92 Å². The number of fused-ring (bicyclic) bond motifs is 3. The first kappa shape index (κ1) is 11.0. The van der Waals surface area contributed by atoms with E-state index in [1.54, 1.807) is 0 Å². The van der Waals surface area contributed by atoms with Gasteiger partial charge in [0.25, 0.3) is 0 Å². The SMILES string of the molecule is CCCc1nc(NC)c2c3c(sc2n1)CCC3. The summed E-state index contributed by atoms with van der Waals surface area (Å²) in [6.07, 6.45) is 5.77. The lowest BCUT2D eigenvalue weighted by Crippen LogP contribution is -2.01. The molecule has 2 heterocycles. The average molecular weight is 247 g/mol. The summed E-state index contributed by atoms with van der Waals surface area (Å²) in [5, 5.41) is 4.52. The molecule has 1 N–H and O–H groups in total. The number of hydrogen-bond donors (Lipinski definition) is 1. The molecular formula is C13H17N3S. The Labute approximate surface area is 105 Å². The molecule has 2 aromatic rings. The number of aromatic nitrogens is 2. The van der Waals surface area contributed by atoms with Gasteiger partial charge in [0.15, 0.2) is 0 Å². The quantitative estimate of drug-likeness (QED) is 0.905. The third-order valence-electron chi connectivity index (χ3n) is 3.32. The summed E-state index contributed by atoms with van der Waals surface area (Å²) < 4.78 is 0. The fourth-order valence-electron chi connectivity index (χ4n) is 2.56. The normalized spacial score (nSPS) is 14.2. The average Bonchev–Trinajstić information content (AvgIpc) is 2.88. The maximum Gasteiger partial charge on any atom is 0.138 e. The van der Waals surface area contributed by atoms with E-state index in [1.807, 2.05) is 18.4 Å². The molecule has 3 rings (SSSR count). The molecule has 1 aliphatic rings. The molecule has 3 nitrogen and oxygen atoms in total. The number of hydrogen-bond acceptors (Lipinski definition) is 4. The highest BCUT2D eigenvalue weighted by Crippen LogP contribution is 2.39. The Bertz CT molecular complexity index is 559. The van der Waals surface area contributed by atoms with Crippen LogP contribution in [0.4, 0.5) is 5.82 Å². The fraction of sp³-hybridized carbons (Fsp3) is 0.538. The first-order chi connectivity index (χ1) is 8.33. The topological polar surface area (TPSA) is 37.8 Å². The first-order valence-corrected chi connectivity index (χ1v) is 7.14. The Balaban J connectivity index is 2.22. The molecule has 0 radical (unpaired) electrons. The van der Waals surface area contributed by atoms with Gasteiger partial charge in [0.05, 0.1) is 5.39 Å². The van der Waals surface area contributed by atoms with Gasteiger partial charge in [-0.15, -0.1) is 11.3 Å². The summed E-state index contributed by atoms with van der Waals surface area (Å²) in [4.78, 5) is 12.1. The molecule has 0 bridgehead atoms. The molecule has 0 unspecified atom stereocenters. The molecule has 90 valence electrons. The van der Waals surface area contributed by atoms with Crippen LogP contribution in [-0.2, 0) is 19.3 Å². The molecule has 2 aromatic heterocycles. The minimum absolute atomic E-state index is 0.965. The van der Waals surface area contributed by atoms with Crippen LogP contribution in [-0.4, -0.2) is 17.0 Å². The minimum Gasteiger partial charge on any atom is -0.372 e. The van der Waals surface area contributed by atoms with Gasteiger partial charge in [-0.3, -0.25) is 0 Å². The smallest absolute Gasteiger partial charge is 0.138 e. The third kappa shape index (κ3) is 1.71. The second-order valence-electron chi connectivity index (χ2n) is 4.53. The predicted octanol–water partition coefficient (Wildman–Crippen LogP) is 3.17. The molecule has 0 fully saturated rings. The van der Waals surface area contributed by atoms with Crippen molar-refractivity contribution in [2.24, 2.45) is 0 Å². The number of nitrogens with zero attached hydrogens (tertiary/aromatic N) is 2. The van der Waals surface area contributed by atoms with E-state index >= 15 is 0 Å². The van der Waals surface area contributed by atoms with Crippen LogP contribution in [0.15, 0.2) is 0 Å². The van der Waals surface area contributed by atoms with Crippen molar-refractivity contribution in [2.75, 3.05) is 12.4 Å². The predicted molar refractivity (Wildman–Crippen MR) is 73.0 cm³/mol. The van der Waals surface area contributed by atoms with Crippen molar-refractivity contribution < 1.29 is 0 Å². The van der Waals surface area contributed by atoms with Gasteiger partial charge >= 0.3 is 0 Å². The summed E-state index contributed by atoms with van der Waals surface area (Å²) in [5.41, 5.74) is 1.50. The van der Waals surface area contributed by atoms with Gasteiger partial charge in [0.1, 0.15) is 16.5 Å². The second-order valence-corrected chi connectivity index (χ2v) is 5.61. The molecule has 0 spiro atoms. The zero-order valence-corrected chi connectivity index (χ0v) is 11.2. The number of nitrogens with one attached hydrogen (secondary N) is 1. The van der Waals surface area contributed by atoms with Crippen molar-refractivity contribution in [2.45, 2.75) is 39.0 Å². The molecular weight excluding hydrogens is 230 g/mol. The number of thiophene rings is 1. The Hall–Kier alpha value is -1.16. The van der Waals surface area contributed by atoms with E-state index < -0.39 is 0 Å². The van der Waals surface area contributed by atoms with E-state index in [1.165, 1.54) is 39.9 Å². The zero-order valence-electron chi connectivity index (χ0n) is 10.3. The van der Waals surface area contributed by atoms with Gasteiger partial charge in [0, 0.05) is 18.3 Å². The van der Waals surface area contributed by atoms with Crippen LogP contribution in [0.3, 0.4) is 0 Å². The fourth-order valence-corrected chi connectivity index (χ4v) is 3.84. The zero-order chi connectivity index (χ0) is 11.8. The van der Waals surface area contributed by atoms with Crippen molar-refractivity contribution in [3.63, 3.8) is 0 Å². The molecule has 0 saturated carbocycles. The Morgan fingerprint density at radius 1 is 1.29 bits per heavy atom. The monoisotopic (exact) mass is 247 g/mol. The lowest BCUT2D eigenvalue weighted by atomic mass is 10.2. The van der Waals surface area contributed by atoms with Crippen LogP contribution in [0.2, 0.25) is 0 Å². The number of aryl methyl sites for hydroxylation is 3. The van der Waals surface area contributed by atoms with E-state index in [-0.39, 0.29) is 0 Å². The third-order valence-corrected chi connectivity index (χ3v) is 4.51. The molecule has 0 atom stereocenters. The maximum atomic E-state index is 4.70. The van der Waals surface area contributed by atoms with Gasteiger partial charge < -0.3 is 5.32 Å². The largest absolute Gasteiger partial charge is 0.372 e. The summed E-state index contributed by atoms with van der Waals surface area (Å²) in [5.74, 6) is 2.00. The van der Waals surface area contributed by atoms with E-state index in [0.29, 0.717) is 0 Å². The summed E-state index contributed by atoms with van der Waals surface area (Å²) in [6.45, 7) is 2.17. The standard InChI is InChI=1S/C13H17N3S/c1-3-5-10-15-12(14-2)11-8-6-4-7-9(8)17-13(11)16-10/h3-7H2,1-2H3,(H,14,15,16). The molecule has 17 heavy (non-hydrogen) atoms. The van der Waals surface area contributed by atoms with E-state index in [4.69, 9.17) is 4.98 Å². The van der Waals surface area contributed by atoms with Crippen LogP contribution in [0.25, 0.3) is 10.2 Å². The second kappa shape index (κ2) is 4.26. The van der Waals surface area contributed by atoms with Crippen LogP contribution >= 0.6 is 11.3 Å². The summed E-state index contributed by atoms with van der Waals surface area (Å²) in [6, 6.07) is 0.